The molecule has 0 unspecified atom stereocenters. The molecule has 1 aliphatic rings. The first-order chi connectivity index (χ1) is 11.3. The number of fused-ring (bicyclic) bond motifs is 1. The van der Waals surface area contributed by atoms with Gasteiger partial charge in [-0.25, -0.2) is 4.39 Å². The highest BCUT2D eigenvalue weighted by molar-refractivity contribution is 7.94. The molecule has 0 saturated heterocycles. The molecule has 7 nitrogen and oxygen atoms in total. The van der Waals surface area contributed by atoms with Crippen LogP contribution in [0.2, 0.25) is 0 Å². The molecule has 3 rings (SSSR count). The van der Waals surface area contributed by atoms with E-state index in [1.807, 2.05) is 0 Å². The Kier molecular flexibility index (Phi) is 3.80. The Bertz CT molecular complexity index is 922. The van der Waals surface area contributed by atoms with Crippen molar-refractivity contribution in [2.24, 2.45) is 0 Å². The summed E-state index contributed by atoms with van der Waals surface area (Å²) < 4.78 is 45.3. The third kappa shape index (κ3) is 2.62. The number of amides is 1. The van der Waals surface area contributed by atoms with Crippen LogP contribution >= 0.6 is 0 Å². The van der Waals surface area contributed by atoms with Crippen LogP contribution in [-0.4, -0.2) is 28.4 Å². The van der Waals surface area contributed by atoms with Crippen molar-refractivity contribution in [3.05, 3.63) is 48.2 Å². The summed E-state index contributed by atoms with van der Waals surface area (Å²) in [7, 11) is -1.01. The minimum absolute atomic E-state index is 0.111. The van der Waals surface area contributed by atoms with Crippen LogP contribution in [-0.2, 0) is 15.0 Å². The van der Waals surface area contributed by atoms with Gasteiger partial charge >= 0.3 is 10.2 Å². The fraction of sp³-hybridized carbons (Fsp3) is 0.133. The summed E-state index contributed by atoms with van der Waals surface area (Å²) in [6.07, 6.45) is 4.09. The largest absolute Gasteiger partial charge is 0.465 e. The van der Waals surface area contributed by atoms with E-state index in [9.17, 15) is 17.6 Å². The molecular formula is C15H14FN3O4S. The smallest absolute Gasteiger partial charge is 0.326 e. The summed E-state index contributed by atoms with van der Waals surface area (Å²) in [6, 6.07) is 5.69. The second-order valence-corrected chi connectivity index (χ2v) is 7.09. The Morgan fingerprint density at radius 3 is 2.54 bits per heavy atom. The number of rotatable bonds is 3. The van der Waals surface area contributed by atoms with Gasteiger partial charge in [0.05, 0.1) is 23.3 Å². The van der Waals surface area contributed by atoms with Gasteiger partial charge in [-0.1, -0.05) is 0 Å². The molecule has 2 aromatic rings. The molecule has 1 N–H and O–H groups in total. The maximum absolute atomic E-state index is 14.2. The number of halogens is 1. The van der Waals surface area contributed by atoms with Gasteiger partial charge in [0.15, 0.2) is 0 Å². The molecule has 0 bridgehead atoms. The standard InChI is InChI=1S/C15H14FN3O4S/c1-18-13-8-11(16)12(9-14(13)19(2)24(18,21)22)17-15(20)6-5-10-4-3-7-23-10/h3-9H,1-2H3,(H,17,20). The highest BCUT2D eigenvalue weighted by Gasteiger charge is 2.36. The minimum Gasteiger partial charge on any atom is -0.465 e. The van der Waals surface area contributed by atoms with Gasteiger partial charge in [0.25, 0.3) is 0 Å². The van der Waals surface area contributed by atoms with Crippen LogP contribution in [0.5, 0.6) is 0 Å². The maximum atomic E-state index is 14.2. The third-order valence-corrected chi connectivity index (χ3v) is 5.41. The van der Waals surface area contributed by atoms with E-state index < -0.39 is 21.9 Å². The van der Waals surface area contributed by atoms with Gasteiger partial charge in [-0.2, -0.15) is 8.42 Å². The predicted molar refractivity (Wildman–Crippen MR) is 88.5 cm³/mol. The van der Waals surface area contributed by atoms with Gasteiger partial charge in [-0.05, 0) is 24.3 Å². The number of carbonyl (C=O) groups excluding carboxylic acids is 1. The fourth-order valence-electron chi connectivity index (χ4n) is 2.30. The summed E-state index contributed by atoms with van der Waals surface area (Å²) in [5, 5.41) is 2.38. The number of anilines is 3. The van der Waals surface area contributed by atoms with Crippen LogP contribution in [0.25, 0.3) is 6.08 Å². The first-order valence-corrected chi connectivity index (χ1v) is 8.29. The van der Waals surface area contributed by atoms with Crippen LogP contribution in [0.4, 0.5) is 21.5 Å². The molecule has 126 valence electrons. The summed E-state index contributed by atoms with van der Waals surface area (Å²) >= 11 is 0. The van der Waals surface area contributed by atoms with E-state index in [4.69, 9.17) is 4.42 Å². The summed E-state index contributed by atoms with van der Waals surface area (Å²) in [5.74, 6) is -0.819. The van der Waals surface area contributed by atoms with E-state index >= 15 is 0 Å². The lowest BCUT2D eigenvalue weighted by Gasteiger charge is -2.13. The Labute approximate surface area is 138 Å². The van der Waals surface area contributed by atoms with Gasteiger partial charge in [0, 0.05) is 26.2 Å². The monoisotopic (exact) mass is 351 g/mol. The van der Waals surface area contributed by atoms with Crippen molar-refractivity contribution in [2.45, 2.75) is 0 Å². The summed E-state index contributed by atoms with van der Waals surface area (Å²) in [4.78, 5) is 11.9. The number of hydrogen-bond donors (Lipinski definition) is 1. The lowest BCUT2D eigenvalue weighted by molar-refractivity contribution is -0.111. The molecular weight excluding hydrogens is 337 g/mol. The lowest BCUT2D eigenvalue weighted by Crippen LogP contribution is -2.32. The Hall–Kier alpha value is -2.81. The molecule has 9 heteroatoms. The minimum atomic E-state index is -3.70. The molecule has 0 spiro atoms. The van der Waals surface area contributed by atoms with Crippen molar-refractivity contribution in [1.29, 1.82) is 0 Å². The predicted octanol–water partition coefficient (Wildman–Crippen LogP) is 2.20. The van der Waals surface area contributed by atoms with Crippen molar-refractivity contribution in [3.8, 4) is 0 Å². The lowest BCUT2D eigenvalue weighted by atomic mass is 10.2. The van der Waals surface area contributed by atoms with E-state index in [1.165, 1.54) is 38.6 Å². The van der Waals surface area contributed by atoms with Crippen LogP contribution in [0.15, 0.2) is 41.0 Å². The Morgan fingerprint density at radius 1 is 1.25 bits per heavy atom. The third-order valence-electron chi connectivity index (χ3n) is 3.63. The molecule has 24 heavy (non-hydrogen) atoms. The second kappa shape index (κ2) is 5.68. The van der Waals surface area contributed by atoms with E-state index in [0.29, 0.717) is 5.76 Å². The SMILES string of the molecule is CN1c2cc(F)c(NC(=O)C=Cc3ccco3)cc2N(C)S1(=O)=O. The number of benzene rings is 1. The molecule has 1 aromatic carbocycles. The molecule has 0 atom stereocenters. The zero-order valence-corrected chi connectivity index (χ0v) is 13.7. The van der Waals surface area contributed by atoms with E-state index in [2.05, 4.69) is 5.32 Å². The second-order valence-electron chi connectivity index (χ2n) is 5.10. The highest BCUT2D eigenvalue weighted by atomic mass is 32.2. The van der Waals surface area contributed by atoms with E-state index in [0.717, 1.165) is 14.7 Å². The number of carbonyl (C=O) groups is 1. The summed E-state index contributed by atoms with van der Waals surface area (Å²) in [5.41, 5.74) is 0.378. The molecule has 2 heterocycles. The van der Waals surface area contributed by atoms with Crippen molar-refractivity contribution >= 4 is 39.3 Å². The first-order valence-electron chi connectivity index (χ1n) is 6.89. The number of furan rings is 1. The molecule has 0 radical (unpaired) electrons. The molecule has 0 fully saturated rings. The van der Waals surface area contributed by atoms with Gasteiger partial charge < -0.3 is 9.73 Å². The number of nitrogens with one attached hydrogen (secondary N) is 1. The Morgan fingerprint density at radius 2 is 1.92 bits per heavy atom. The van der Waals surface area contributed by atoms with Crippen molar-refractivity contribution in [1.82, 2.24) is 0 Å². The average Bonchev–Trinajstić information content (AvgIpc) is 3.10. The quantitative estimate of drug-likeness (QED) is 0.860. The number of hydrogen-bond acceptors (Lipinski definition) is 4. The van der Waals surface area contributed by atoms with Crippen molar-refractivity contribution < 1.29 is 22.0 Å². The topological polar surface area (TPSA) is 82.9 Å². The van der Waals surface area contributed by atoms with Crippen LogP contribution < -0.4 is 13.9 Å². The van der Waals surface area contributed by atoms with Gasteiger partial charge in [0.2, 0.25) is 5.91 Å². The van der Waals surface area contributed by atoms with E-state index in [1.54, 1.807) is 12.1 Å². The van der Waals surface area contributed by atoms with E-state index in [-0.39, 0.29) is 17.1 Å². The number of nitrogens with zero attached hydrogens (tertiary/aromatic N) is 2. The Balaban J connectivity index is 1.86. The molecule has 1 amide bonds. The van der Waals surface area contributed by atoms with Crippen molar-refractivity contribution in [3.63, 3.8) is 0 Å². The maximum Gasteiger partial charge on any atom is 0.326 e. The van der Waals surface area contributed by atoms with Gasteiger partial charge in [-0.15, -0.1) is 0 Å². The molecule has 1 aliphatic heterocycles. The molecule has 0 saturated carbocycles. The fourth-order valence-corrected chi connectivity index (χ4v) is 3.46. The highest BCUT2D eigenvalue weighted by Crippen LogP contribution is 2.41. The van der Waals surface area contributed by atoms with Gasteiger partial charge in [0.1, 0.15) is 11.6 Å². The summed E-state index contributed by atoms with van der Waals surface area (Å²) in [6.45, 7) is 0. The molecule has 1 aromatic heterocycles. The first kappa shape index (κ1) is 16.1. The van der Waals surface area contributed by atoms with Crippen LogP contribution in [0.1, 0.15) is 5.76 Å². The zero-order valence-electron chi connectivity index (χ0n) is 12.9. The normalized spacial score (nSPS) is 15.8. The zero-order chi connectivity index (χ0) is 17.5. The average molecular weight is 351 g/mol. The molecule has 0 aliphatic carbocycles. The van der Waals surface area contributed by atoms with Gasteiger partial charge in [-0.3, -0.25) is 13.4 Å². The van der Waals surface area contributed by atoms with Crippen LogP contribution in [0.3, 0.4) is 0 Å². The van der Waals surface area contributed by atoms with Crippen LogP contribution in [0, 0.1) is 5.82 Å². The van der Waals surface area contributed by atoms with Crippen molar-refractivity contribution in [2.75, 3.05) is 28.0 Å².